The number of rotatable bonds is 2. The third-order valence-corrected chi connectivity index (χ3v) is 4.58. The minimum Gasteiger partial charge on any atom is -0.420 e. The summed E-state index contributed by atoms with van der Waals surface area (Å²) in [6.07, 6.45) is 8.73. The van der Waals surface area contributed by atoms with Crippen LogP contribution in [0.2, 0.25) is 12.1 Å². The molecule has 1 fully saturated rings. The van der Waals surface area contributed by atoms with Crippen molar-refractivity contribution in [2.75, 3.05) is 6.61 Å². The van der Waals surface area contributed by atoms with Gasteiger partial charge < -0.3 is 4.43 Å². The fraction of sp³-hybridized carbons (Fsp3) is 0.750. The molecule has 1 atom stereocenters. The topological polar surface area (TPSA) is 9.23 Å². The maximum atomic E-state index is 5.62. The molecule has 56 valence electrons. The summed E-state index contributed by atoms with van der Waals surface area (Å²) in [5.74, 6) is 2.67. The van der Waals surface area contributed by atoms with Crippen molar-refractivity contribution in [3.63, 3.8) is 0 Å². The summed E-state index contributed by atoms with van der Waals surface area (Å²) >= 11 is 0. The second-order valence-corrected chi connectivity index (χ2v) is 5.46. The van der Waals surface area contributed by atoms with E-state index in [1.165, 1.54) is 24.9 Å². The molecule has 0 aromatic heterocycles. The lowest BCUT2D eigenvalue weighted by Gasteiger charge is -2.19. The van der Waals surface area contributed by atoms with Crippen LogP contribution in [0.5, 0.6) is 0 Å². The maximum absolute atomic E-state index is 5.62. The number of hydrogen-bond acceptors (Lipinski definition) is 1. The molecule has 1 nitrogen and oxygen atoms in total. The Morgan fingerprint density at radius 1 is 1.50 bits per heavy atom. The Bertz CT molecular complexity index is 122. The number of terminal acetylenes is 1. The van der Waals surface area contributed by atoms with Gasteiger partial charge in [-0.1, -0.05) is 6.42 Å². The quantitative estimate of drug-likeness (QED) is 0.433. The largest absolute Gasteiger partial charge is 0.420 e. The summed E-state index contributed by atoms with van der Waals surface area (Å²) in [5, 5.41) is 0. The molecule has 0 aliphatic carbocycles. The first-order valence-electron chi connectivity index (χ1n) is 3.98. The molecule has 1 unspecified atom stereocenters. The van der Waals surface area contributed by atoms with Crippen molar-refractivity contribution in [3.05, 3.63) is 0 Å². The summed E-state index contributed by atoms with van der Waals surface area (Å²) in [6, 6.07) is 2.54. The van der Waals surface area contributed by atoms with Gasteiger partial charge >= 0.3 is 0 Å². The van der Waals surface area contributed by atoms with Gasteiger partial charge in [0.25, 0.3) is 0 Å². The van der Waals surface area contributed by atoms with E-state index in [4.69, 9.17) is 10.8 Å². The predicted molar refractivity (Wildman–Crippen MR) is 45.4 cm³/mol. The molecule has 0 N–H and O–H groups in total. The Morgan fingerprint density at radius 3 is 3.00 bits per heavy atom. The van der Waals surface area contributed by atoms with E-state index in [1.807, 2.05) is 0 Å². The Balaban J connectivity index is 2.09. The first-order valence-corrected chi connectivity index (χ1v) is 6.09. The maximum Gasteiger partial charge on any atom is 0.177 e. The molecule has 1 aliphatic heterocycles. The first-order chi connectivity index (χ1) is 4.93. The zero-order valence-electron chi connectivity index (χ0n) is 6.31. The Kier molecular flexibility index (Phi) is 3.56. The molecule has 0 saturated carbocycles. The predicted octanol–water partition coefficient (Wildman–Crippen LogP) is 1.54. The van der Waals surface area contributed by atoms with E-state index in [2.05, 4.69) is 5.92 Å². The van der Waals surface area contributed by atoms with Crippen LogP contribution in [0.4, 0.5) is 0 Å². The van der Waals surface area contributed by atoms with Crippen molar-refractivity contribution in [2.45, 2.75) is 31.4 Å². The Morgan fingerprint density at radius 2 is 2.40 bits per heavy atom. The lowest BCUT2D eigenvalue weighted by molar-refractivity contribution is 0.287. The van der Waals surface area contributed by atoms with Crippen molar-refractivity contribution in [2.24, 2.45) is 0 Å². The van der Waals surface area contributed by atoms with Gasteiger partial charge in [-0.15, -0.1) is 12.3 Å². The van der Waals surface area contributed by atoms with E-state index in [0.717, 1.165) is 13.0 Å². The molecule has 0 radical (unpaired) electrons. The molecule has 1 rings (SSSR count). The first kappa shape index (κ1) is 7.84. The van der Waals surface area contributed by atoms with Gasteiger partial charge in [0.2, 0.25) is 0 Å². The van der Waals surface area contributed by atoms with Crippen LogP contribution < -0.4 is 0 Å². The van der Waals surface area contributed by atoms with Gasteiger partial charge in [0, 0.05) is 13.0 Å². The summed E-state index contributed by atoms with van der Waals surface area (Å²) < 4.78 is 5.62. The zero-order chi connectivity index (χ0) is 7.23. The average Bonchev–Trinajstić information content (AvgIpc) is 2.03. The van der Waals surface area contributed by atoms with E-state index in [1.54, 1.807) is 0 Å². The fourth-order valence-electron chi connectivity index (χ4n) is 1.28. The van der Waals surface area contributed by atoms with Gasteiger partial charge in [-0.25, -0.2) is 0 Å². The van der Waals surface area contributed by atoms with Crippen molar-refractivity contribution in [3.8, 4) is 12.3 Å². The molecule has 1 aliphatic rings. The lowest BCUT2D eigenvalue weighted by Crippen LogP contribution is -2.22. The van der Waals surface area contributed by atoms with Gasteiger partial charge in [0.05, 0.1) is 0 Å². The average molecular weight is 154 g/mol. The molecule has 10 heavy (non-hydrogen) atoms. The van der Waals surface area contributed by atoms with Crippen LogP contribution in [-0.4, -0.2) is 15.6 Å². The van der Waals surface area contributed by atoms with E-state index in [0.29, 0.717) is 0 Å². The normalized spacial score (nSPS) is 25.7. The van der Waals surface area contributed by atoms with E-state index in [9.17, 15) is 0 Å². The van der Waals surface area contributed by atoms with Crippen molar-refractivity contribution in [1.29, 1.82) is 0 Å². The third kappa shape index (κ3) is 2.55. The zero-order valence-corrected chi connectivity index (χ0v) is 7.46. The monoisotopic (exact) mass is 154 g/mol. The summed E-state index contributed by atoms with van der Waals surface area (Å²) in [5.41, 5.74) is 0. The van der Waals surface area contributed by atoms with Gasteiger partial charge in [0.15, 0.2) is 9.04 Å². The molecule has 0 aromatic carbocycles. The molecule has 1 heterocycles. The summed E-state index contributed by atoms with van der Waals surface area (Å²) in [4.78, 5) is 0. The minimum absolute atomic E-state index is 0.786. The molecule has 1 saturated heterocycles. The smallest absolute Gasteiger partial charge is 0.177 e. The second kappa shape index (κ2) is 4.54. The second-order valence-electron chi connectivity index (χ2n) is 2.73. The highest BCUT2D eigenvalue weighted by molar-refractivity contribution is 6.52. The molecule has 0 aromatic rings. The Hall–Kier alpha value is -0.263. The Labute approximate surface area is 64.5 Å². The highest BCUT2D eigenvalue weighted by atomic mass is 28.3. The molecule has 2 heteroatoms. The van der Waals surface area contributed by atoms with Gasteiger partial charge in [-0.05, 0) is 18.5 Å². The highest BCUT2D eigenvalue weighted by Gasteiger charge is 2.14. The van der Waals surface area contributed by atoms with E-state index >= 15 is 0 Å². The van der Waals surface area contributed by atoms with Crippen LogP contribution in [-0.2, 0) is 4.43 Å². The van der Waals surface area contributed by atoms with Crippen LogP contribution in [0.15, 0.2) is 0 Å². The van der Waals surface area contributed by atoms with Crippen LogP contribution in [0.3, 0.4) is 0 Å². The van der Waals surface area contributed by atoms with E-state index < -0.39 is 9.04 Å². The van der Waals surface area contributed by atoms with Crippen LogP contribution in [0, 0.1) is 12.3 Å². The van der Waals surface area contributed by atoms with Crippen molar-refractivity contribution < 1.29 is 4.43 Å². The number of hydrogen-bond donors (Lipinski definition) is 0. The molecular formula is C8H14OSi. The summed E-state index contributed by atoms with van der Waals surface area (Å²) in [6.45, 7) is 1.00. The molecular weight excluding hydrogens is 140 g/mol. The summed E-state index contributed by atoms with van der Waals surface area (Å²) in [7, 11) is -0.786. The van der Waals surface area contributed by atoms with E-state index in [-0.39, 0.29) is 0 Å². The lowest BCUT2D eigenvalue weighted by atomic mass is 10.4. The fourth-order valence-corrected chi connectivity index (χ4v) is 3.63. The van der Waals surface area contributed by atoms with Crippen LogP contribution in [0.25, 0.3) is 0 Å². The highest BCUT2D eigenvalue weighted by Crippen LogP contribution is 2.14. The van der Waals surface area contributed by atoms with Crippen LogP contribution in [0.1, 0.15) is 19.3 Å². The van der Waals surface area contributed by atoms with Gasteiger partial charge in [0.1, 0.15) is 0 Å². The standard InChI is InChI=1S/C8H14OSi/c1-2-3-7-10-8-5-4-6-9-10/h1,10H,3-8H2. The van der Waals surface area contributed by atoms with Crippen LogP contribution >= 0.6 is 0 Å². The van der Waals surface area contributed by atoms with Gasteiger partial charge in [-0.2, -0.15) is 0 Å². The van der Waals surface area contributed by atoms with Gasteiger partial charge in [-0.3, -0.25) is 0 Å². The third-order valence-electron chi connectivity index (χ3n) is 1.88. The van der Waals surface area contributed by atoms with Crippen molar-refractivity contribution >= 4 is 9.04 Å². The molecule has 0 amide bonds. The minimum atomic E-state index is -0.786. The SMILES string of the molecule is C#CCC[SiH]1CCCCO1. The van der Waals surface area contributed by atoms with Crippen molar-refractivity contribution in [1.82, 2.24) is 0 Å². The molecule has 0 spiro atoms. The molecule has 0 bridgehead atoms.